The van der Waals surface area contributed by atoms with Crippen LogP contribution in [-0.4, -0.2) is 52.4 Å². The van der Waals surface area contributed by atoms with E-state index >= 15 is 0 Å². The van der Waals surface area contributed by atoms with E-state index in [2.05, 4.69) is 19.4 Å². The molecule has 0 bridgehead atoms. The van der Waals surface area contributed by atoms with Gasteiger partial charge in [0.25, 0.3) is 10.0 Å². The molecule has 0 atom stereocenters. The second-order valence-electron chi connectivity index (χ2n) is 5.70. The summed E-state index contributed by atoms with van der Waals surface area (Å²) in [4.78, 5) is 15.7. The molecule has 0 fully saturated rings. The number of nitrogens with zero attached hydrogens (tertiary/aromatic N) is 2. The molecule has 0 unspecified atom stereocenters. The molecule has 9 nitrogen and oxygen atoms in total. The summed E-state index contributed by atoms with van der Waals surface area (Å²) in [5, 5.41) is 12.4. The smallest absolute Gasteiger partial charge is 0.337 e. The zero-order valence-corrected chi connectivity index (χ0v) is 15.9. The minimum atomic E-state index is -3.90. The second-order valence-corrected chi connectivity index (χ2v) is 7.27. The highest BCUT2D eigenvalue weighted by Gasteiger charge is 2.29. The van der Waals surface area contributed by atoms with Gasteiger partial charge in [-0.2, -0.15) is 8.42 Å². The van der Waals surface area contributed by atoms with Crippen molar-refractivity contribution in [2.24, 2.45) is 9.39 Å². The zero-order chi connectivity index (χ0) is 20.3. The maximum absolute atomic E-state index is 12.2. The normalized spacial score (nSPS) is 14.4. The lowest BCUT2D eigenvalue weighted by Crippen LogP contribution is -2.23. The van der Waals surface area contributed by atoms with Crippen molar-refractivity contribution >= 4 is 28.0 Å². The Bertz CT molecular complexity index is 1090. The highest BCUT2D eigenvalue weighted by molar-refractivity contribution is 7.90. The van der Waals surface area contributed by atoms with E-state index in [4.69, 9.17) is 4.74 Å². The molecule has 1 aliphatic rings. The van der Waals surface area contributed by atoms with Gasteiger partial charge in [0.1, 0.15) is 17.4 Å². The van der Waals surface area contributed by atoms with Gasteiger partial charge in [-0.05, 0) is 42.0 Å². The Morgan fingerprint density at radius 3 is 2.75 bits per heavy atom. The van der Waals surface area contributed by atoms with Crippen molar-refractivity contribution in [3.05, 3.63) is 53.1 Å². The molecule has 3 rings (SSSR count). The molecule has 2 aromatic rings. The molecule has 10 heteroatoms. The first-order valence-corrected chi connectivity index (χ1v) is 9.48. The molecule has 0 aliphatic carbocycles. The number of aliphatic imine (C=N–C) groups is 1. The number of hydrogen-bond acceptors (Lipinski definition) is 8. The molecule has 2 N–H and O–H groups in total. The van der Waals surface area contributed by atoms with E-state index in [0.29, 0.717) is 16.9 Å². The number of amidine groups is 1. The van der Waals surface area contributed by atoms with E-state index in [1.165, 1.54) is 38.5 Å². The van der Waals surface area contributed by atoms with E-state index in [9.17, 15) is 18.3 Å². The SMILES string of the molecule is COC(=O)c1ccc2c(c1)S(=O)(=O)N=C2NC/N=C/c1ccc(O)c(OC)c1. The molecule has 28 heavy (non-hydrogen) atoms. The Morgan fingerprint density at radius 1 is 1.25 bits per heavy atom. The molecule has 0 saturated carbocycles. The van der Waals surface area contributed by atoms with Crippen LogP contribution in [0.25, 0.3) is 0 Å². The van der Waals surface area contributed by atoms with Crippen LogP contribution >= 0.6 is 0 Å². The number of phenolic OH excluding ortho intramolecular Hbond substituents is 1. The number of rotatable bonds is 5. The first-order valence-electron chi connectivity index (χ1n) is 8.04. The predicted molar refractivity (Wildman–Crippen MR) is 102 cm³/mol. The minimum Gasteiger partial charge on any atom is -0.504 e. The summed E-state index contributed by atoms with van der Waals surface area (Å²) in [6, 6.07) is 8.95. The van der Waals surface area contributed by atoms with Gasteiger partial charge >= 0.3 is 5.97 Å². The highest BCUT2D eigenvalue weighted by atomic mass is 32.2. The fourth-order valence-corrected chi connectivity index (χ4v) is 3.79. The zero-order valence-electron chi connectivity index (χ0n) is 15.0. The molecule has 0 aromatic heterocycles. The largest absolute Gasteiger partial charge is 0.504 e. The number of esters is 1. The average Bonchev–Trinajstić information content (AvgIpc) is 2.95. The molecule has 0 spiro atoms. The van der Waals surface area contributed by atoms with Crippen molar-refractivity contribution < 1.29 is 27.8 Å². The Kier molecular flexibility index (Phi) is 5.32. The van der Waals surface area contributed by atoms with Gasteiger partial charge in [-0.3, -0.25) is 4.99 Å². The number of fused-ring (bicyclic) bond motifs is 1. The lowest BCUT2D eigenvalue weighted by atomic mass is 10.1. The Morgan fingerprint density at radius 2 is 2.04 bits per heavy atom. The van der Waals surface area contributed by atoms with E-state index in [-0.39, 0.29) is 28.7 Å². The lowest BCUT2D eigenvalue weighted by molar-refractivity contribution is 0.0600. The standard InChI is InChI=1S/C18H17N3O6S/c1-26-15-7-11(3-6-14(15)22)9-19-10-20-17-13-5-4-12(18(23)27-2)8-16(13)28(24,25)21-17/h3-9,22H,10H2,1-2H3,(H,20,21)/b19-9+. The van der Waals surface area contributed by atoms with E-state index in [0.717, 1.165) is 0 Å². The molecule has 0 saturated heterocycles. The van der Waals surface area contributed by atoms with Gasteiger partial charge in [-0.1, -0.05) is 0 Å². The van der Waals surface area contributed by atoms with Crippen LogP contribution in [0.2, 0.25) is 0 Å². The van der Waals surface area contributed by atoms with Crippen molar-refractivity contribution in [3.63, 3.8) is 0 Å². The first kappa shape index (κ1) is 19.4. The number of sulfonamides is 1. The molecule has 0 radical (unpaired) electrons. The van der Waals surface area contributed by atoms with Gasteiger partial charge in [-0.15, -0.1) is 4.40 Å². The van der Waals surface area contributed by atoms with E-state index in [1.54, 1.807) is 18.3 Å². The first-order chi connectivity index (χ1) is 13.4. The number of carbonyl (C=O) groups is 1. The van der Waals surface area contributed by atoms with Gasteiger partial charge in [0.2, 0.25) is 0 Å². The summed E-state index contributed by atoms with van der Waals surface area (Å²) in [7, 11) is -1.24. The summed E-state index contributed by atoms with van der Waals surface area (Å²) in [5.74, 6) is -0.148. The molecule has 2 aromatic carbocycles. The molecular formula is C18H17N3O6S. The van der Waals surface area contributed by atoms with Crippen molar-refractivity contribution in [2.75, 3.05) is 20.9 Å². The maximum atomic E-state index is 12.2. The fraction of sp³-hybridized carbons (Fsp3) is 0.167. The van der Waals surface area contributed by atoms with Crippen LogP contribution in [0.3, 0.4) is 0 Å². The van der Waals surface area contributed by atoms with Crippen LogP contribution in [0.5, 0.6) is 11.5 Å². The molecule has 1 aliphatic heterocycles. The van der Waals surface area contributed by atoms with E-state index < -0.39 is 16.0 Å². The van der Waals surface area contributed by atoms with Crippen molar-refractivity contribution in [1.82, 2.24) is 5.32 Å². The Hall–Kier alpha value is -3.40. The minimum absolute atomic E-state index is 0.0197. The van der Waals surface area contributed by atoms with Crippen molar-refractivity contribution in [3.8, 4) is 11.5 Å². The summed E-state index contributed by atoms with van der Waals surface area (Å²) >= 11 is 0. The quantitative estimate of drug-likeness (QED) is 0.569. The fourth-order valence-electron chi connectivity index (χ4n) is 2.57. The number of nitrogens with one attached hydrogen (secondary N) is 1. The monoisotopic (exact) mass is 403 g/mol. The third-order valence-electron chi connectivity index (χ3n) is 3.93. The summed E-state index contributed by atoms with van der Waals surface area (Å²) in [6.45, 7) is 0.0652. The number of ether oxygens (including phenoxy) is 2. The van der Waals surface area contributed by atoms with Gasteiger partial charge in [0.05, 0.1) is 19.8 Å². The summed E-state index contributed by atoms with van der Waals surface area (Å²) in [5.41, 5.74) is 1.18. The Balaban J connectivity index is 1.74. The van der Waals surface area contributed by atoms with Gasteiger partial charge in [0.15, 0.2) is 11.5 Å². The number of benzene rings is 2. The lowest BCUT2D eigenvalue weighted by Gasteiger charge is -2.05. The van der Waals surface area contributed by atoms with Gasteiger partial charge in [-0.25, -0.2) is 4.79 Å². The molecule has 146 valence electrons. The third kappa shape index (κ3) is 3.81. The number of carbonyl (C=O) groups excluding carboxylic acids is 1. The molecular weight excluding hydrogens is 386 g/mol. The molecule has 1 heterocycles. The van der Waals surface area contributed by atoms with Gasteiger partial charge in [0, 0.05) is 11.8 Å². The van der Waals surface area contributed by atoms with E-state index in [1.807, 2.05) is 0 Å². The third-order valence-corrected chi connectivity index (χ3v) is 5.25. The van der Waals surface area contributed by atoms with Crippen LogP contribution in [0.1, 0.15) is 21.5 Å². The molecule has 0 amide bonds. The number of aromatic hydroxyl groups is 1. The van der Waals surface area contributed by atoms with Crippen LogP contribution in [0, 0.1) is 0 Å². The maximum Gasteiger partial charge on any atom is 0.337 e. The van der Waals surface area contributed by atoms with Crippen molar-refractivity contribution in [1.29, 1.82) is 0 Å². The summed E-state index contributed by atoms with van der Waals surface area (Å²) in [6.07, 6.45) is 1.54. The van der Waals surface area contributed by atoms with Crippen LogP contribution < -0.4 is 10.1 Å². The number of phenols is 1. The number of hydrogen-bond donors (Lipinski definition) is 2. The Labute approximate surface area is 161 Å². The summed E-state index contributed by atoms with van der Waals surface area (Å²) < 4.78 is 37.8. The van der Waals surface area contributed by atoms with Crippen LogP contribution in [0.4, 0.5) is 0 Å². The average molecular weight is 403 g/mol. The van der Waals surface area contributed by atoms with Crippen LogP contribution in [0.15, 0.2) is 50.7 Å². The van der Waals surface area contributed by atoms with Crippen molar-refractivity contribution in [2.45, 2.75) is 4.90 Å². The predicted octanol–water partition coefficient (Wildman–Crippen LogP) is 1.30. The van der Waals surface area contributed by atoms with Crippen LogP contribution in [-0.2, 0) is 14.8 Å². The van der Waals surface area contributed by atoms with Gasteiger partial charge < -0.3 is 19.9 Å². The second kappa shape index (κ2) is 7.69. The highest BCUT2D eigenvalue weighted by Crippen LogP contribution is 2.27. The topological polar surface area (TPSA) is 127 Å². The number of methoxy groups -OCH3 is 2.